The second-order valence-corrected chi connectivity index (χ2v) is 4.85. The summed E-state index contributed by atoms with van der Waals surface area (Å²) >= 11 is 1.13. The van der Waals surface area contributed by atoms with Crippen LogP contribution in [0.3, 0.4) is 0 Å². The number of nitrogens with zero attached hydrogens (tertiary/aromatic N) is 1. The van der Waals surface area contributed by atoms with Crippen molar-refractivity contribution >= 4 is 33.0 Å². The third kappa shape index (κ3) is 2.09. The Morgan fingerprint density at radius 1 is 1.16 bits per heavy atom. The van der Waals surface area contributed by atoms with E-state index in [1.54, 1.807) is 0 Å². The number of hydrogen-bond donors (Lipinski definition) is 2. The minimum atomic E-state index is -0.351. The number of H-pyrrole nitrogens is 1. The van der Waals surface area contributed by atoms with Crippen LogP contribution in [0.5, 0.6) is 0 Å². The molecule has 3 aromatic rings. The maximum Gasteiger partial charge on any atom is 0.278 e. The van der Waals surface area contributed by atoms with E-state index in [1.807, 2.05) is 48.5 Å². The largest absolute Gasteiger partial charge is 0.345 e. The van der Waals surface area contributed by atoms with Crippen LogP contribution in [0.4, 0.5) is 10.7 Å². The van der Waals surface area contributed by atoms with E-state index < -0.39 is 0 Å². The van der Waals surface area contributed by atoms with Gasteiger partial charge in [0.1, 0.15) is 11.1 Å². The number of fused-ring (bicyclic) bond motifs is 1. The van der Waals surface area contributed by atoms with E-state index in [2.05, 4.69) is 9.69 Å². The van der Waals surface area contributed by atoms with Gasteiger partial charge in [-0.2, -0.15) is 5.26 Å². The molecule has 1 aromatic heterocycles. The molecule has 0 amide bonds. The number of nitrogens with one attached hydrogen (secondary N) is 2. The first-order valence-electron chi connectivity index (χ1n) is 5.65. The second-order valence-electron chi connectivity index (χ2n) is 4.04. The Balaban J connectivity index is 2.01. The summed E-state index contributed by atoms with van der Waals surface area (Å²) in [5.41, 5.74) is 0.624. The summed E-state index contributed by atoms with van der Waals surface area (Å²) in [6.07, 6.45) is 0. The molecule has 0 aliphatic heterocycles. The van der Waals surface area contributed by atoms with Gasteiger partial charge in [0.2, 0.25) is 0 Å². The first-order valence-corrected chi connectivity index (χ1v) is 6.47. The standard InChI is InChI=1S/C14H9N3OS/c15-8-12-13(18)17-19-14(12)16-11-6-5-9-3-1-2-4-10(9)7-11/h1-7,16H,(H,17,18). The summed E-state index contributed by atoms with van der Waals surface area (Å²) in [5, 5.41) is 14.8. The van der Waals surface area contributed by atoms with Crippen LogP contribution in [-0.2, 0) is 0 Å². The number of rotatable bonds is 2. The number of hydrogen-bond acceptors (Lipinski definition) is 4. The molecule has 0 saturated heterocycles. The van der Waals surface area contributed by atoms with Gasteiger partial charge < -0.3 is 5.32 Å². The SMILES string of the molecule is N#Cc1c(Nc2ccc3ccccc3c2)s[nH]c1=O. The quantitative estimate of drug-likeness (QED) is 0.749. The number of anilines is 2. The molecule has 1 heterocycles. The number of aromatic nitrogens is 1. The van der Waals surface area contributed by atoms with Crippen molar-refractivity contribution in [3.8, 4) is 6.07 Å². The normalized spacial score (nSPS) is 10.3. The van der Waals surface area contributed by atoms with Crippen molar-refractivity contribution in [1.82, 2.24) is 4.37 Å². The third-order valence-corrected chi connectivity index (χ3v) is 3.62. The fourth-order valence-electron chi connectivity index (χ4n) is 1.89. The lowest BCUT2D eigenvalue weighted by Crippen LogP contribution is -2.02. The molecule has 4 nitrogen and oxygen atoms in total. The molecule has 0 unspecified atom stereocenters. The van der Waals surface area contributed by atoms with Gasteiger partial charge in [0.25, 0.3) is 5.56 Å². The van der Waals surface area contributed by atoms with Gasteiger partial charge in [0.15, 0.2) is 5.56 Å². The molecule has 2 N–H and O–H groups in total. The van der Waals surface area contributed by atoms with Gasteiger partial charge in [-0.05, 0) is 34.4 Å². The van der Waals surface area contributed by atoms with E-state index >= 15 is 0 Å². The zero-order valence-electron chi connectivity index (χ0n) is 9.81. The van der Waals surface area contributed by atoms with Crippen LogP contribution in [0.25, 0.3) is 10.8 Å². The molecule has 0 aliphatic rings. The predicted molar refractivity (Wildman–Crippen MR) is 76.9 cm³/mol. The Hall–Kier alpha value is -2.58. The van der Waals surface area contributed by atoms with Gasteiger partial charge in [-0.25, -0.2) is 0 Å². The molecular weight excluding hydrogens is 258 g/mol. The molecule has 19 heavy (non-hydrogen) atoms. The van der Waals surface area contributed by atoms with Crippen molar-refractivity contribution in [3.63, 3.8) is 0 Å². The molecule has 92 valence electrons. The first kappa shape index (κ1) is 11.5. The van der Waals surface area contributed by atoms with Crippen LogP contribution in [0.15, 0.2) is 47.3 Å². The molecular formula is C14H9N3OS. The average Bonchev–Trinajstić information content (AvgIpc) is 2.79. The maximum atomic E-state index is 11.4. The van der Waals surface area contributed by atoms with Gasteiger partial charge in [-0.15, -0.1) is 0 Å². The maximum absolute atomic E-state index is 11.4. The molecule has 0 spiro atoms. The lowest BCUT2D eigenvalue weighted by Gasteiger charge is -2.05. The smallest absolute Gasteiger partial charge is 0.278 e. The summed E-state index contributed by atoms with van der Waals surface area (Å²) in [6.45, 7) is 0. The summed E-state index contributed by atoms with van der Waals surface area (Å²) < 4.78 is 2.55. The highest BCUT2D eigenvalue weighted by Crippen LogP contribution is 2.25. The van der Waals surface area contributed by atoms with Gasteiger partial charge in [-0.3, -0.25) is 9.17 Å². The zero-order valence-corrected chi connectivity index (χ0v) is 10.6. The van der Waals surface area contributed by atoms with Crippen LogP contribution >= 0.6 is 11.5 Å². The summed E-state index contributed by atoms with van der Waals surface area (Å²) in [7, 11) is 0. The van der Waals surface area contributed by atoms with E-state index in [4.69, 9.17) is 5.26 Å². The first-order chi connectivity index (χ1) is 9.28. The topological polar surface area (TPSA) is 68.7 Å². The van der Waals surface area contributed by atoms with Gasteiger partial charge in [0, 0.05) is 5.69 Å². The molecule has 0 atom stereocenters. The van der Waals surface area contributed by atoms with Gasteiger partial charge in [-0.1, -0.05) is 30.3 Å². The molecule has 0 saturated carbocycles. The van der Waals surface area contributed by atoms with Crippen molar-refractivity contribution < 1.29 is 0 Å². The highest BCUT2D eigenvalue weighted by molar-refractivity contribution is 7.10. The van der Waals surface area contributed by atoms with Crippen LogP contribution < -0.4 is 10.9 Å². The Morgan fingerprint density at radius 2 is 1.95 bits per heavy atom. The van der Waals surface area contributed by atoms with Crippen LogP contribution in [0, 0.1) is 11.3 Å². The highest BCUT2D eigenvalue weighted by atomic mass is 32.1. The summed E-state index contributed by atoms with van der Waals surface area (Å²) in [4.78, 5) is 11.4. The Bertz CT molecular complexity index is 842. The molecule has 2 aromatic carbocycles. The molecule has 3 rings (SSSR count). The van der Waals surface area contributed by atoms with Crippen molar-refractivity contribution in [1.29, 1.82) is 5.26 Å². The van der Waals surface area contributed by atoms with Crippen molar-refractivity contribution in [2.24, 2.45) is 0 Å². The van der Waals surface area contributed by atoms with E-state index in [-0.39, 0.29) is 11.1 Å². The average molecular weight is 267 g/mol. The predicted octanol–water partition coefficient (Wildman–Crippen LogP) is 3.20. The minimum absolute atomic E-state index is 0.123. The van der Waals surface area contributed by atoms with Crippen LogP contribution in [0.2, 0.25) is 0 Å². The molecule has 0 bridgehead atoms. The Labute approximate surface area is 113 Å². The van der Waals surface area contributed by atoms with E-state index in [1.165, 1.54) is 0 Å². The van der Waals surface area contributed by atoms with Gasteiger partial charge >= 0.3 is 0 Å². The second kappa shape index (κ2) is 4.59. The van der Waals surface area contributed by atoms with Crippen LogP contribution in [0.1, 0.15) is 5.56 Å². The van der Waals surface area contributed by atoms with E-state index in [9.17, 15) is 4.79 Å². The monoisotopic (exact) mass is 267 g/mol. The minimum Gasteiger partial charge on any atom is -0.345 e. The van der Waals surface area contributed by atoms with Gasteiger partial charge in [0.05, 0.1) is 0 Å². The van der Waals surface area contributed by atoms with Crippen molar-refractivity contribution in [3.05, 3.63) is 58.4 Å². The number of aromatic amines is 1. The van der Waals surface area contributed by atoms with Crippen molar-refractivity contribution in [2.75, 3.05) is 5.32 Å². The molecule has 0 radical (unpaired) electrons. The Morgan fingerprint density at radius 3 is 2.74 bits per heavy atom. The summed E-state index contributed by atoms with van der Waals surface area (Å²) in [6, 6.07) is 15.8. The number of benzene rings is 2. The third-order valence-electron chi connectivity index (χ3n) is 2.82. The fraction of sp³-hybridized carbons (Fsp3) is 0. The van der Waals surface area contributed by atoms with Crippen molar-refractivity contribution in [2.45, 2.75) is 0 Å². The lowest BCUT2D eigenvalue weighted by atomic mass is 10.1. The molecule has 0 aliphatic carbocycles. The number of nitriles is 1. The summed E-state index contributed by atoms with van der Waals surface area (Å²) in [5.74, 6) is 0. The highest BCUT2D eigenvalue weighted by Gasteiger charge is 2.09. The van der Waals surface area contributed by atoms with E-state index in [0.29, 0.717) is 5.00 Å². The Kier molecular flexibility index (Phi) is 2.78. The fourth-order valence-corrected chi connectivity index (χ4v) is 2.60. The van der Waals surface area contributed by atoms with E-state index in [0.717, 1.165) is 28.0 Å². The molecule has 0 fully saturated rings. The van der Waals surface area contributed by atoms with Crippen LogP contribution in [-0.4, -0.2) is 4.37 Å². The zero-order chi connectivity index (χ0) is 13.2. The molecule has 5 heteroatoms. The lowest BCUT2D eigenvalue weighted by molar-refractivity contribution is 1.38.